The van der Waals surface area contributed by atoms with Crippen LogP contribution in [0, 0.1) is 0 Å². The molecular formula is C16H19BrN2OS. The van der Waals surface area contributed by atoms with Crippen molar-refractivity contribution in [3.8, 4) is 0 Å². The van der Waals surface area contributed by atoms with E-state index in [1.165, 1.54) is 0 Å². The summed E-state index contributed by atoms with van der Waals surface area (Å²) in [6.45, 7) is 5.00. The molecule has 2 aromatic rings. The molecular weight excluding hydrogens is 348 g/mol. The lowest BCUT2D eigenvalue weighted by atomic mass is 9.91. The van der Waals surface area contributed by atoms with Gasteiger partial charge in [-0.25, -0.2) is 0 Å². The van der Waals surface area contributed by atoms with E-state index in [0.29, 0.717) is 13.1 Å². The Labute approximate surface area is 137 Å². The molecule has 0 aliphatic carbocycles. The summed E-state index contributed by atoms with van der Waals surface area (Å²) in [4.78, 5) is 15.8. The van der Waals surface area contributed by atoms with Crippen molar-refractivity contribution in [1.29, 1.82) is 0 Å². The second-order valence-electron chi connectivity index (χ2n) is 5.11. The van der Waals surface area contributed by atoms with E-state index in [0.717, 1.165) is 14.9 Å². The minimum Gasteiger partial charge on any atom is -0.336 e. The molecule has 21 heavy (non-hydrogen) atoms. The van der Waals surface area contributed by atoms with Gasteiger partial charge in [-0.2, -0.15) is 0 Å². The van der Waals surface area contributed by atoms with Crippen molar-refractivity contribution in [1.82, 2.24) is 4.90 Å². The Balaban J connectivity index is 2.20. The van der Waals surface area contributed by atoms with Crippen LogP contribution in [0.4, 0.5) is 0 Å². The summed E-state index contributed by atoms with van der Waals surface area (Å²) in [5.74, 6) is -0.0549. The van der Waals surface area contributed by atoms with E-state index in [2.05, 4.69) is 15.9 Å². The maximum atomic E-state index is 12.8. The molecule has 1 atom stereocenters. The van der Waals surface area contributed by atoms with Gasteiger partial charge in [0.2, 0.25) is 5.91 Å². The average Bonchev–Trinajstić information content (AvgIpc) is 2.97. The highest BCUT2D eigenvalue weighted by Gasteiger charge is 2.34. The highest BCUT2D eigenvalue weighted by Crippen LogP contribution is 2.24. The van der Waals surface area contributed by atoms with Gasteiger partial charge in [0.25, 0.3) is 0 Å². The number of carbonyl (C=O) groups excluding carboxylic acids is 1. The highest BCUT2D eigenvalue weighted by molar-refractivity contribution is 9.10. The summed E-state index contributed by atoms with van der Waals surface area (Å²) >= 11 is 5.05. The number of benzene rings is 1. The van der Waals surface area contributed by atoms with Crippen LogP contribution in [-0.4, -0.2) is 17.4 Å². The molecule has 1 heterocycles. The molecule has 1 amide bonds. The van der Waals surface area contributed by atoms with Crippen LogP contribution < -0.4 is 5.73 Å². The lowest BCUT2D eigenvalue weighted by Gasteiger charge is -2.31. The minimum absolute atomic E-state index is 0.0549. The van der Waals surface area contributed by atoms with Gasteiger partial charge in [0, 0.05) is 15.9 Å². The van der Waals surface area contributed by atoms with Gasteiger partial charge in [-0.3, -0.25) is 4.79 Å². The van der Waals surface area contributed by atoms with Crippen molar-refractivity contribution in [2.24, 2.45) is 5.73 Å². The highest BCUT2D eigenvalue weighted by atomic mass is 79.9. The number of nitrogens with two attached hydrogens (primary N) is 1. The first-order chi connectivity index (χ1) is 9.95. The van der Waals surface area contributed by atoms with Gasteiger partial charge >= 0.3 is 0 Å². The van der Waals surface area contributed by atoms with Gasteiger partial charge < -0.3 is 10.6 Å². The number of halogens is 1. The molecule has 0 saturated heterocycles. The first-order valence-electron chi connectivity index (χ1n) is 6.82. The van der Waals surface area contributed by atoms with Gasteiger partial charge in [0.05, 0.1) is 6.54 Å². The zero-order valence-corrected chi connectivity index (χ0v) is 14.6. The van der Waals surface area contributed by atoms with Crippen molar-refractivity contribution in [2.45, 2.75) is 25.9 Å². The Morgan fingerprint density at radius 1 is 1.33 bits per heavy atom. The van der Waals surface area contributed by atoms with Crippen molar-refractivity contribution < 1.29 is 4.79 Å². The lowest BCUT2D eigenvalue weighted by Crippen LogP contribution is -2.50. The summed E-state index contributed by atoms with van der Waals surface area (Å²) in [5.41, 5.74) is 6.13. The van der Waals surface area contributed by atoms with Crippen LogP contribution >= 0.6 is 27.3 Å². The largest absolute Gasteiger partial charge is 0.336 e. The molecule has 5 heteroatoms. The Morgan fingerprint density at radius 3 is 2.52 bits per heavy atom. The smallest absolute Gasteiger partial charge is 0.247 e. The summed E-state index contributed by atoms with van der Waals surface area (Å²) in [5, 5.41) is 2.02. The van der Waals surface area contributed by atoms with E-state index in [1.54, 1.807) is 23.2 Å². The van der Waals surface area contributed by atoms with Crippen LogP contribution in [-0.2, 0) is 16.9 Å². The molecule has 0 aliphatic rings. The number of rotatable bonds is 5. The third kappa shape index (κ3) is 3.73. The number of thiophene rings is 1. The third-order valence-corrected chi connectivity index (χ3v) is 4.87. The van der Waals surface area contributed by atoms with Crippen LogP contribution in [0.25, 0.3) is 0 Å². The molecule has 2 N–H and O–H groups in total. The van der Waals surface area contributed by atoms with E-state index >= 15 is 0 Å². The van der Waals surface area contributed by atoms with Crippen LogP contribution in [0.3, 0.4) is 0 Å². The third-order valence-electron chi connectivity index (χ3n) is 3.48. The molecule has 0 aliphatic heterocycles. The van der Waals surface area contributed by atoms with Gasteiger partial charge in [0.1, 0.15) is 5.54 Å². The van der Waals surface area contributed by atoms with Crippen molar-refractivity contribution in [3.63, 3.8) is 0 Å². The second-order valence-corrected chi connectivity index (χ2v) is 7.06. The van der Waals surface area contributed by atoms with Crippen LogP contribution in [0.2, 0.25) is 0 Å². The minimum atomic E-state index is -1.02. The van der Waals surface area contributed by atoms with Crippen molar-refractivity contribution >= 4 is 33.2 Å². The van der Waals surface area contributed by atoms with Crippen LogP contribution in [0.5, 0.6) is 0 Å². The first kappa shape index (κ1) is 16.2. The van der Waals surface area contributed by atoms with E-state index in [9.17, 15) is 4.79 Å². The Morgan fingerprint density at radius 2 is 2.00 bits per heavy atom. The summed E-state index contributed by atoms with van der Waals surface area (Å²) in [6.07, 6.45) is 0. The fourth-order valence-electron chi connectivity index (χ4n) is 2.17. The molecule has 0 spiro atoms. The van der Waals surface area contributed by atoms with Crippen LogP contribution in [0.1, 0.15) is 24.3 Å². The number of amides is 1. The van der Waals surface area contributed by atoms with E-state index < -0.39 is 5.54 Å². The number of carbonyl (C=O) groups is 1. The number of hydrogen-bond acceptors (Lipinski definition) is 3. The molecule has 1 aromatic carbocycles. The van der Waals surface area contributed by atoms with Gasteiger partial charge in [-0.1, -0.05) is 34.1 Å². The molecule has 1 unspecified atom stereocenters. The summed E-state index contributed by atoms with van der Waals surface area (Å²) in [6, 6.07) is 11.6. The molecule has 3 nitrogen and oxygen atoms in total. The molecule has 2 rings (SSSR count). The topological polar surface area (TPSA) is 46.3 Å². The summed E-state index contributed by atoms with van der Waals surface area (Å²) < 4.78 is 0.973. The SMILES string of the molecule is CCN(Cc1cccs1)C(=O)C(C)(N)c1ccc(Br)cc1. The Bertz CT molecular complexity index is 593. The summed E-state index contributed by atoms with van der Waals surface area (Å²) in [7, 11) is 0. The van der Waals surface area contributed by atoms with E-state index in [-0.39, 0.29) is 5.91 Å². The fraction of sp³-hybridized carbons (Fsp3) is 0.312. The van der Waals surface area contributed by atoms with Gasteiger partial charge in [-0.15, -0.1) is 11.3 Å². The molecule has 0 radical (unpaired) electrons. The molecule has 1 aromatic heterocycles. The monoisotopic (exact) mass is 366 g/mol. The number of nitrogens with zero attached hydrogens (tertiary/aromatic N) is 1. The maximum Gasteiger partial charge on any atom is 0.247 e. The number of hydrogen-bond donors (Lipinski definition) is 1. The van der Waals surface area contributed by atoms with Gasteiger partial charge in [0.15, 0.2) is 0 Å². The second kappa shape index (κ2) is 6.73. The fourth-order valence-corrected chi connectivity index (χ4v) is 3.15. The maximum absolute atomic E-state index is 12.8. The predicted octanol–water partition coefficient (Wildman–Crippen LogP) is 3.73. The molecule has 0 bridgehead atoms. The van der Waals surface area contributed by atoms with E-state index in [1.807, 2.05) is 48.7 Å². The first-order valence-corrected chi connectivity index (χ1v) is 8.49. The zero-order valence-electron chi connectivity index (χ0n) is 12.2. The number of likely N-dealkylation sites (N-methyl/N-ethyl adjacent to an activating group) is 1. The molecule has 112 valence electrons. The van der Waals surface area contributed by atoms with Crippen LogP contribution in [0.15, 0.2) is 46.3 Å². The molecule has 0 fully saturated rings. The Kier molecular flexibility index (Phi) is 5.19. The predicted molar refractivity (Wildman–Crippen MR) is 91.1 cm³/mol. The standard InChI is InChI=1S/C16H19BrN2OS/c1-3-19(11-14-5-4-10-21-14)15(20)16(2,18)12-6-8-13(17)9-7-12/h4-10H,3,11,18H2,1-2H3. The van der Waals surface area contributed by atoms with Crippen molar-refractivity contribution in [2.75, 3.05) is 6.54 Å². The Hall–Kier alpha value is -1.17. The quantitative estimate of drug-likeness (QED) is 0.875. The molecule has 0 saturated carbocycles. The average molecular weight is 367 g/mol. The van der Waals surface area contributed by atoms with E-state index in [4.69, 9.17) is 5.73 Å². The van der Waals surface area contributed by atoms with Crippen molar-refractivity contribution in [3.05, 3.63) is 56.7 Å². The zero-order chi connectivity index (χ0) is 15.5. The van der Waals surface area contributed by atoms with Gasteiger partial charge in [-0.05, 0) is 43.0 Å². The lowest BCUT2D eigenvalue weighted by molar-refractivity contribution is -0.137. The normalized spacial score (nSPS) is 13.7.